The van der Waals surface area contributed by atoms with Crippen molar-refractivity contribution >= 4 is 23.6 Å². The van der Waals surface area contributed by atoms with Crippen molar-refractivity contribution in [1.82, 2.24) is 5.32 Å². The van der Waals surface area contributed by atoms with Crippen molar-refractivity contribution in [2.24, 2.45) is 5.92 Å². The van der Waals surface area contributed by atoms with Crippen molar-refractivity contribution < 1.29 is 19.4 Å². The van der Waals surface area contributed by atoms with Gasteiger partial charge >= 0.3 is 5.97 Å². The van der Waals surface area contributed by atoms with Crippen LogP contribution in [0.2, 0.25) is 0 Å². The van der Waals surface area contributed by atoms with Gasteiger partial charge in [-0.15, -0.1) is 0 Å². The van der Waals surface area contributed by atoms with Crippen molar-refractivity contribution in [2.45, 2.75) is 19.3 Å². The second kappa shape index (κ2) is 8.68. The number of rotatable bonds is 7. The molecule has 0 saturated carbocycles. The maximum absolute atomic E-state index is 12.0. The molecule has 0 radical (unpaired) electrons. The van der Waals surface area contributed by atoms with Gasteiger partial charge in [-0.3, -0.25) is 4.79 Å². The minimum absolute atomic E-state index is 0.168. The number of ether oxygens (including phenoxy) is 1. The number of carboxylic acids is 1. The average Bonchev–Trinajstić information content (AvgIpc) is 2.55. The zero-order valence-corrected chi connectivity index (χ0v) is 13.2. The number of carboxylic acid groups (broad SMARTS) is 1. The Balaban J connectivity index is 1.70. The predicted octanol–water partition coefficient (Wildman–Crippen LogP) is 1.95. The molecule has 1 amide bonds. The van der Waals surface area contributed by atoms with Crippen molar-refractivity contribution in [3.63, 3.8) is 0 Å². The summed E-state index contributed by atoms with van der Waals surface area (Å²) in [6.45, 7) is 0.285. The predicted molar refractivity (Wildman–Crippen MR) is 86.3 cm³/mol. The Labute approximate surface area is 134 Å². The molecule has 1 fully saturated rings. The molecule has 1 aromatic rings. The van der Waals surface area contributed by atoms with Crippen LogP contribution in [0.25, 0.3) is 0 Å². The number of thioether (sulfide) groups is 1. The van der Waals surface area contributed by atoms with Gasteiger partial charge in [0, 0.05) is 12.5 Å². The van der Waals surface area contributed by atoms with Gasteiger partial charge in [-0.2, -0.15) is 11.8 Å². The minimum Gasteiger partial charge on any atom is -0.482 e. The van der Waals surface area contributed by atoms with E-state index in [0.717, 1.165) is 36.3 Å². The van der Waals surface area contributed by atoms with Crippen LogP contribution in [0.1, 0.15) is 18.4 Å². The summed E-state index contributed by atoms with van der Waals surface area (Å²) >= 11 is 1.92. The number of hydrogen-bond acceptors (Lipinski definition) is 4. The van der Waals surface area contributed by atoms with Gasteiger partial charge < -0.3 is 15.2 Å². The third kappa shape index (κ3) is 5.60. The first kappa shape index (κ1) is 16.7. The second-order valence-electron chi connectivity index (χ2n) is 5.25. The van der Waals surface area contributed by atoms with E-state index >= 15 is 0 Å². The molecule has 120 valence electrons. The van der Waals surface area contributed by atoms with E-state index in [1.807, 2.05) is 23.9 Å². The molecular weight excluding hydrogens is 302 g/mol. The highest BCUT2D eigenvalue weighted by Gasteiger charge is 2.20. The molecule has 0 bridgehead atoms. The molecular formula is C16H21NO4S. The smallest absolute Gasteiger partial charge is 0.341 e. The van der Waals surface area contributed by atoms with E-state index in [0.29, 0.717) is 12.3 Å². The van der Waals surface area contributed by atoms with E-state index < -0.39 is 5.97 Å². The van der Waals surface area contributed by atoms with Crippen LogP contribution in [0.15, 0.2) is 24.3 Å². The highest BCUT2D eigenvalue weighted by atomic mass is 32.2. The van der Waals surface area contributed by atoms with Gasteiger partial charge in [-0.1, -0.05) is 12.1 Å². The van der Waals surface area contributed by atoms with Crippen molar-refractivity contribution in [3.05, 3.63) is 29.8 Å². The highest BCUT2D eigenvalue weighted by molar-refractivity contribution is 7.99. The molecule has 0 spiro atoms. The van der Waals surface area contributed by atoms with Crippen molar-refractivity contribution in [2.75, 3.05) is 24.7 Å². The third-order valence-electron chi connectivity index (χ3n) is 3.59. The fourth-order valence-electron chi connectivity index (χ4n) is 2.33. The lowest BCUT2D eigenvalue weighted by Gasteiger charge is -2.20. The Bertz CT molecular complexity index is 497. The molecule has 2 N–H and O–H groups in total. The van der Waals surface area contributed by atoms with E-state index in [2.05, 4.69) is 5.32 Å². The SMILES string of the molecule is O=C(O)COc1ccc(CCNC(=O)C2CCSCC2)cc1. The van der Waals surface area contributed by atoms with E-state index in [4.69, 9.17) is 9.84 Å². The van der Waals surface area contributed by atoms with Crippen molar-refractivity contribution in [3.8, 4) is 5.75 Å². The molecule has 1 aromatic carbocycles. The molecule has 1 aliphatic rings. The second-order valence-corrected chi connectivity index (χ2v) is 6.48. The lowest BCUT2D eigenvalue weighted by molar-refractivity contribution is -0.139. The summed E-state index contributed by atoms with van der Waals surface area (Å²) in [6, 6.07) is 7.28. The summed E-state index contributed by atoms with van der Waals surface area (Å²) in [4.78, 5) is 22.4. The third-order valence-corrected chi connectivity index (χ3v) is 4.64. The van der Waals surface area contributed by atoms with Gasteiger partial charge in [-0.05, 0) is 48.5 Å². The van der Waals surface area contributed by atoms with Crippen LogP contribution >= 0.6 is 11.8 Å². The normalized spacial score (nSPS) is 15.3. The Morgan fingerprint density at radius 3 is 2.55 bits per heavy atom. The van der Waals surface area contributed by atoms with Crippen LogP contribution in [0, 0.1) is 5.92 Å². The number of hydrogen-bond donors (Lipinski definition) is 2. The highest BCUT2D eigenvalue weighted by Crippen LogP contribution is 2.22. The molecule has 2 rings (SSSR count). The molecule has 1 aliphatic heterocycles. The number of carbonyl (C=O) groups is 2. The summed E-state index contributed by atoms with van der Waals surface area (Å²) in [5.74, 6) is 2.05. The average molecular weight is 323 g/mol. The maximum atomic E-state index is 12.0. The monoisotopic (exact) mass is 323 g/mol. The number of benzene rings is 1. The molecule has 22 heavy (non-hydrogen) atoms. The van der Waals surface area contributed by atoms with Gasteiger partial charge in [0.25, 0.3) is 0 Å². The van der Waals surface area contributed by atoms with E-state index in [-0.39, 0.29) is 18.4 Å². The molecule has 5 nitrogen and oxygen atoms in total. The molecule has 1 heterocycles. The lowest BCUT2D eigenvalue weighted by atomic mass is 10.0. The zero-order chi connectivity index (χ0) is 15.8. The first-order chi connectivity index (χ1) is 10.6. The van der Waals surface area contributed by atoms with Crippen LogP contribution in [0.5, 0.6) is 5.75 Å². The first-order valence-electron chi connectivity index (χ1n) is 7.44. The van der Waals surface area contributed by atoms with Crippen molar-refractivity contribution in [1.29, 1.82) is 0 Å². The Morgan fingerprint density at radius 2 is 1.91 bits per heavy atom. The van der Waals surface area contributed by atoms with Gasteiger partial charge in [0.1, 0.15) is 5.75 Å². The summed E-state index contributed by atoms with van der Waals surface area (Å²) in [6.07, 6.45) is 2.71. The Kier molecular flexibility index (Phi) is 6.58. The molecule has 0 aliphatic carbocycles. The molecule has 0 atom stereocenters. The number of aliphatic carboxylic acids is 1. The summed E-state index contributed by atoms with van der Waals surface area (Å²) < 4.78 is 5.07. The Morgan fingerprint density at radius 1 is 1.23 bits per heavy atom. The van der Waals surface area contributed by atoms with Crippen LogP contribution < -0.4 is 10.1 Å². The number of carbonyl (C=O) groups excluding carboxylic acids is 1. The summed E-state index contributed by atoms with van der Waals surface area (Å²) in [5.41, 5.74) is 1.09. The van der Waals surface area contributed by atoms with Crippen LogP contribution in [-0.2, 0) is 16.0 Å². The topological polar surface area (TPSA) is 75.6 Å². The standard InChI is InChI=1S/C16H21NO4S/c18-15(19)11-21-14-3-1-12(2-4-14)5-8-17-16(20)13-6-9-22-10-7-13/h1-4,13H,5-11H2,(H,17,20)(H,18,19). The zero-order valence-electron chi connectivity index (χ0n) is 12.4. The lowest BCUT2D eigenvalue weighted by Crippen LogP contribution is -2.34. The number of amides is 1. The van der Waals surface area contributed by atoms with Gasteiger partial charge in [0.15, 0.2) is 6.61 Å². The van der Waals surface area contributed by atoms with Crippen LogP contribution in [0.4, 0.5) is 0 Å². The Hall–Kier alpha value is -1.69. The number of nitrogens with one attached hydrogen (secondary N) is 1. The quantitative estimate of drug-likeness (QED) is 0.802. The van der Waals surface area contributed by atoms with Gasteiger partial charge in [0.05, 0.1) is 0 Å². The summed E-state index contributed by atoms with van der Waals surface area (Å²) in [7, 11) is 0. The largest absolute Gasteiger partial charge is 0.482 e. The molecule has 0 aromatic heterocycles. The molecule has 1 saturated heterocycles. The van der Waals surface area contributed by atoms with E-state index in [9.17, 15) is 9.59 Å². The van der Waals surface area contributed by atoms with E-state index in [1.165, 1.54) is 0 Å². The van der Waals surface area contributed by atoms with E-state index in [1.54, 1.807) is 12.1 Å². The van der Waals surface area contributed by atoms with Crippen LogP contribution in [-0.4, -0.2) is 41.6 Å². The van der Waals surface area contributed by atoms with Crippen LogP contribution in [0.3, 0.4) is 0 Å². The maximum Gasteiger partial charge on any atom is 0.341 e. The molecule has 0 unspecified atom stereocenters. The first-order valence-corrected chi connectivity index (χ1v) is 8.59. The fourth-order valence-corrected chi connectivity index (χ4v) is 3.44. The van der Waals surface area contributed by atoms with Gasteiger partial charge in [-0.25, -0.2) is 4.79 Å². The van der Waals surface area contributed by atoms with Gasteiger partial charge in [0.2, 0.25) is 5.91 Å². The molecule has 6 heteroatoms. The minimum atomic E-state index is -0.993. The summed E-state index contributed by atoms with van der Waals surface area (Å²) in [5, 5.41) is 11.5. The fraction of sp³-hybridized carbons (Fsp3) is 0.500.